The quantitative estimate of drug-likeness (QED) is 0.770. The smallest absolute Gasteiger partial charge is 0.238 e. The van der Waals surface area contributed by atoms with Gasteiger partial charge in [0, 0.05) is 25.2 Å². The lowest BCUT2D eigenvalue weighted by Crippen LogP contribution is -2.45. The number of hydrazine groups is 1. The molecule has 1 N–H and O–H groups in total. The van der Waals surface area contributed by atoms with E-state index >= 15 is 0 Å². The molecule has 1 amide bonds. The van der Waals surface area contributed by atoms with Gasteiger partial charge in [0.2, 0.25) is 11.7 Å². The summed E-state index contributed by atoms with van der Waals surface area (Å²) in [6.07, 6.45) is 3.84. The summed E-state index contributed by atoms with van der Waals surface area (Å²) in [5.41, 5.74) is 2.85. The molecule has 20 heavy (non-hydrogen) atoms. The molecule has 0 aromatic carbocycles. The SMILES string of the molecule is CCCCC(=O)NN(CC(C)C)c1ccnc(C#N)n1. The van der Waals surface area contributed by atoms with Crippen molar-refractivity contribution in [3.63, 3.8) is 0 Å². The van der Waals surface area contributed by atoms with Gasteiger partial charge >= 0.3 is 0 Å². The van der Waals surface area contributed by atoms with Crippen LogP contribution in [0.1, 0.15) is 45.9 Å². The van der Waals surface area contributed by atoms with Gasteiger partial charge in [0.25, 0.3) is 0 Å². The number of hydrogen-bond acceptors (Lipinski definition) is 5. The fourth-order valence-electron chi connectivity index (χ4n) is 1.66. The van der Waals surface area contributed by atoms with Crippen molar-refractivity contribution in [1.82, 2.24) is 15.4 Å². The summed E-state index contributed by atoms with van der Waals surface area (Å²) in [6, 6.07) is 3.59. The van der Waals surface area contributed by atoms with Crippen LogP contribution in [0.25, 0.3) is 0 Å². The molecular weight excluding hydrogens is 254 g/mol. The third-order valence-electron chi connectivity index (χ3n) is 2.58. The summed E-state index contributed by atoms with van der Waals surface area (Å²) >= 11 is 0. The van der Waals surface area contributed by atoms with Crippen LogP contribution in [0, 0.1) is 17.2 Å². The molecule has 0 saturated heterocycles. The number of hydrogen-bond donors (Lipinski definition) is 1. The number of aromatic nitrogens is 2. The fraction of sp³-hybridized carbons (Fsp3) is 0.571. The summed E-state index contributed by atoms with van der Waals surface area (Å²) in [6.45, 7) is 6.78. The lowest BCUT2D eigenvalue weighted by Gasteiger charge is -2.25. The molecule has 0 spiro atoms. The highest BCUT2D eigenvalue weighted by molar-refractivity contribution is 5.77. The number of nitrogens with one attached hydrogen (secondary N) is 1. The molecule has 1 aromatic rings. The lowest BCUT2D eigenvalue weighted by molar-refractivity contribution is -0.121. The molecule has 0 bridgehead atoms. The molecule has 0 unspecified atom stereocenters. The van der Waals surface area contributed by atoms with Crippen molar-refractivity contribution >= 4 is 11.7 Å². The van der Waals surface area contributed by atoms with E-state index in [4.69, 9.17) is 5.26 Å². The predicted molar refractivity (Wildman–Crippen MR) is 76.6 cm³/mol. The van der Waals surface area contributed by atoms with Crippen LogP contribution in [0.5, 0.6) is 0 Å². The molecule has 0 radical (unpaired) electrons. The van der Waals surface area contributed by atoms with Gasteiger partial charge in [-0.1, -0.05) is 27.2 Å². The highest BCUT2D eigenvalue weighted by Gasteiger charge is 2.13. The molecule has 1 aromatic heterocycles. The molecule has 0 aliphatic heterocycles. The normalized spacial score (nSPS) is 10.2. The third kappa shape index (κ3) is 5.22. The van der Waals surface area contributed by atoms with E-state index in [1.165, 1.54) is 6.20 Å². The van der Waals surface area contributed by atoms with Gasteiger partial charge in [-0.15, -0.1) is 0 Å². The van der Waals surface area contributed by atoms with Crippen molar-refractivity contribution in [1.29, 1.82) is 5.26 Å². The first-order chi connectivity index (χ1) is 9.56. The van der Waals surface area contributed by atoms with Crippen LogP contribution in [-0.2, 0) is 4.79 Å². The van der Waals surface area contributed by atoms with Crippen LogP contribution in [0.4, 0.5) is 5.82 Å². The van der Waals surface area contributed by atoms with Crippen LogP contribution >= 0.6 is 0 Å². The average Bonchev–Trinajstić information content (AvgIpc) is 2.44. The first-order valence-corrected chi connectivity index (χ1v) is 6.87. The Labute approximate surface area is 119 Å². The highest BCUT2D eigenvalue weighted by atomic mass is 16.2. The second kappa shape index (κ2) is 8.10. The molecule has 0 saturated carbocycles. The Bertz CT molecular complexity index is 481. The fourth-order valence-corrected chi connectivity index (χ4v) is 1.66. The minimum Gasteiger partial charge on any atom is -0.273 e. The van der Waals surface area contributed by atoms with Crippen molar-refractivity contribution in [3.05, 3.63) is 18.1 Å². The Kier molecular flexibility index (Phi) is 6.44. The van der Waals surface area contributed by atoms with Gasteiger partial charge in [0.15, 0.2) is 5.82 Å². The number of rotatable bonds is 7. The maximum absolute atomic E-state index is 11.9. The van der Waals surface area contributed by atoms with Gasteiger partial charge in [-0.25, -0.2) is 4.98 Å². The topological polar surface area (TPSA) is 81.9 Å². The number of nitriles is 1. The Hall–Kier alpha value is -2.16. The van der Waals surface area contributed by atoms with E-state index in [9.17, 15) is 4.79 Å². The molecule has 6 heteroatoms. The zero-order valence-corrected chi connectivity index (χ0v) is 12.3. The number of amides is 1. The number of carbonyl (C=O) groups excluding carboxylic acids is 1. The number of nitrogens with zero attached hydrogens (tertiary/aromatic N) is 4. The van der Waals surface area contributed by atoms with Gasteiger partial charge < -0.3 is 0 Å². The van der Waals surface area contributed by atoms with E-state index in [1.54, 1.807) is 11.1 Å². The van der Waals surface area contributed by atoms with E-state index in [2.05, 4.69) is 29.2 Å². The largest absolute Gasteiger partial charge is 0.273 e. The van der Waals surface area contributed by atoms with Crippen LogP contribution in [0.2, 0.25) is 0 Å². The Balaban J connectivity index is 2.82. The van der Waals surface area contributed by atoms with E-state index in [1.807, 2.05) is 13.0 Å². The number of unbranched alkanes of at least 4 members (excludes halogenated alkanes) is 1. The number of carbonyl (C=O) groups is 1. The third-order valence-corrected chi connectivity index (χ3v) is 2.58. The molecular formula is C14H21N5O. The van der Waals surface area contributed by atoms with Crippen molar-refractivity contribution in [2.75, 3.05) is 11.6 Å². The molecule has 0 atom stereocenters. The van der Waals surface area contributed by atoms with Crippen LogP contribution in [0.3, 0.4) is 0 Å². The average molecular weight is 275 g/mol. The van der Waals surface area contributed by atoms with Gasteiger partial charge in [-0.3, -0.25) is 15.2 Å². The monoisotopic (exact) mass is 275 g/mol. The molecule has 0 aliphatic rings. The maximum atomic E-state index is 11.9. The minimum absolute atomic E-state index is 0.0374. The first-order valence-electron chi connectivity index (χ1n) is 6.87. The van der Waals surface area contributed by atoms with Crippen LogP contribution < -0.4 is 10.4 Å². The van der Waals surface area contributed by atoms with E-state index in [0.717, 1.165) is 12.8 Å². The summed E-state index contributed by atoms with van der Waals surface area (Å²) < 4.78 is 0. The Morgan fingerprint density at radius 3 is 2.90 bits per heavy atom. The molecule has 108 valence electrons. The van der Waals surface area contributed by atoms with Crippen molar-refractivity contribution in [2.24, 2.45) is 5.92 Å². The van der Waals surface area contributed by atoms with Gasteiger partial charge in [-0.05, 0) is 12.3 Å². The molecule has 1 rings (SSSR count). The Morgan fingerprint density at radius 1 is 1.55 bits per heavy atom. The van der Waals surface area contributed by atoms with Crippen LogP contribution in [0.15, 0.2) is 12.3 Å². The standard InChI is InChI=1S/C14H21N5O/c1-4-5-6-14(20)18-19(10-11(2)3)13-7-8-16-12(9-15)17-13/h7-8,11H,4-6,10H2,1-3H3,(H,18,20). The highest BCUT2D eigenvalue weighted by Crippen LogP contribution is 2.10. The number of anilines is 1. The van der Waals surface area contributed by atoms with Crippen LogP contribution in [-0.4, -0.2) is 22.4 Å². The molecule has 6 nitrogen and oxygen atoms in total. The second-order valence-electron chi connectivity index (χ2n) is 4.99. The van der Waals surface area contributed by atoms with E-state index < -0.39 is 0 Å². The van der Waals surface area contributed by atoms with E-state index in [0.29, 0.717) is 24.7 Å². The molecule has 0 aliphatic carbocycles. The first kappa shape index (κ1) is 15.9. The zero-order chi connectivity index (χ0) is 15.0. The minimum atomic E-state index is -0.0374. The van der Waals surface area contributed by atoms with E-state index in [-0.39, 0.29) is 11.7 Å². The van der Waals surface area contributed by atoms with Crippen molar-refractivity contribution in [3.8, 4) is 6.07 Å². The lowest BCUT2D eigenvalue weighted by atomic mass is 10.2. The van der Waals surface area contributed by atoms with Crippen molar-refractivity contribution < 1.29 is 4.79 Å². The second-order valence-corrected chi connectivity index (χ2v) is 4.99. The van der Waals surface area contributed by atoms with Crippen molar-refractivity contribution in [2.45, 2.75) is 40.0 Å². The summed E-state index contributed by atoms with van der Waals surface area (Å²) in [4.78, 5) is 19.8. The zero-order valence-electron chi connectivity index (χ0n) is 12.3. The molecule has 0 fully saturated rings. The predicted octanol–water partition coefficient (Wildman–Crippen LogP) is 2.03. The summed E-state index contributed by atoms with van der Waals surface area (Å²) in [5, 5.41) is 10.5. The summed E-state index contributed by atoms with van der Waals surface area (Å²) in [7, 11) is 0. The maximum Gasteiger partial charge on any atom is 0.238 e. The van der Waals surface area contributed by atoms with Gasteiger partial charge in [0.05, 0.1) is 0 Å². The summed E-state index contributed by atoms with van der Waals surface area (Å²) in [5.74, 6) is 0.945. The molecule has 1 heterocycles. The van der Waals surface area contributed by atoms with Gasteiger partial charge in [-0.2, -0.15) is 10.2 Å². The van der Waals surface area contributed by atoms with Gasteiger partial charge in [0.1, 0.15) is 6.07 Å². The Morgan fingerprint density at radius 2 is 2.30 bits per heavy atom.